The Morgan fingerprint density at radius 2 is 2.22 bits per heavy atom. The van der Waals surface area contributed by atoms with E-state index in [2.05, 4.69) is 10.2 Å². The molecule has 0 bridgehead atoms. The van der Waals surface area contributed by atoms with Crippen molar-refractivity contribution < 1.29 is 14.7 Å². The van der Waals surface area contributed by atoms with Gasteiger partial charge < -0.3 is 20.6 Å². The number of nitrogens with one attached hydrogen (secondary N) is 1. The number of carbonyl (C=O) groups is 2. The van der Waals surface area contributed by atoms with Crippen LogP contribution >= 0.6 is 11.6 Å². The molecule has 0 unspecified atom stereocenters. The number of β-amino-alcohol motifs (C(OH)–C–C–N with tert-alkyl or cyclic N) is 1. The third kappa shape index (κ3) is 2.66. The third-order valence-corrected chi connectivity index (χ3v) is 5.16. The van der Waals surface area contributed by atoms with Gasteiger partial charge in [-0.15, -0.1) is 0 Å². The highest BCUT2D eigenvalue weighted by molar-refractivity contribution is 6.35. The van der Waals surface area contributed by atoms with E-state index in [0.717, 1.165) is 12.8 Å². The lowest BCUT2D eigenvalue weighted by Gasteiger charge is -2.39. The van der Waals surface area contributed by atoms with Gasteiger partial charge in [0, 0.05) is 26.2 Å². The monoisotopic (exact) mass is 341 g/mol. The van der Waals surface area contributed by atoms with Crippen LogP contribution in [0.25, 0.3) is 0 Å². The highest BCUT2D eigenvalue weighted by atomic mass is 35.5. The van der Waals surface area contributed by atoms with Crippen molar-refractivity contribution in [1.82, 2.24) is 20.0 Å². The van der Waals surface area contributed by atoms with Gasteiger partial charge in [0.2, 0.25) is 5.91 Å². The number of nitrogens with two attached hydrogens (primary N) is 1. The number of amides is 2. The molecule has 1 aromatic heterocycles. The van der Waals surface area contributed by atoms with Gasteiger partial charge in [-0.3, -0.25) is 14.7 Å². The molecule has 2 fully saturated rings. The average molecular weight is 342 g/mol. The van der Waals surface area contributed by atoms with Crippen LogP contribution in [0.2, 0.25) is 5.02 Å². The summed E-state index contributed by atoms with van der Waals surface area (Å²) < 4.78 is 0. The lowest BCUT2D eigenvalue weighted by atomic mass is 9.78. The number of likely N-dealkylation sites (tertiary alicyclic amines) is 2. The van der Waals surface area contributed by atoms with E-state index in [0.29, 0.717) is 32.6 Å². The van der Waals surface area contributed by atoms with Gasteiger partial charge in [-0.25, -0.2) is 0 Å². The maximum atomic E-state index is 12.7. The van der Waals surface area contributed by atoms with Crippen molar-refractivity contribution >= 4 is 29.2 Å². The predicted molar refractivity (Wildman–Crippen MR) is 83.9 cm³/mol. The number of H-pyrrole nitrogens is 1. The van der Waals surface area contributed by atoms with E-state index in [-0.39, 0.29) is 35.0 Å². The van der Waals surface area contributed by atoms with Crippen molar-refractivity contribution in [2.75, 3.05) is 38.5 Å². The number of hydrogen-bond donors (Lipinski definition) is 3. The van der Waals surface area contributed by atoms with E-state index in [1.807, 2.05) is 0 Å². The van der Waals surface area contributed by atoms with Gasteiger partial charge in [-0.05, 0) is 19.3 Å². The summed E-state index contributed by atoms with van der Waals surface area (Å²) in [6.45, 7) is 1.82. The molecule has 9 heteroatoms. The summed E-state index contributed by atoms with van der Waals surface area (Å²) in [5, 5.41) is 15.5. The van der Waals surface area contributed by atoms with Crippen LogP contribution in [0.5, 0.6) is 0 Å². The molecule has 1 spiro atoms. The number of aromatic amines is 1. The van der Waals surface area contributed by atoms with Gasteiger partial charge in [0.1, 0.15) is 10.7 Å². The van der Waals surface area contributed by atoms with Crippen LogP contribution < -0.4 is 5.73 Å². The molecular formula is C14H20ClN5O3. The summed E-state index contributed by atoms with van der Waals surface area (Å²) in [6.07, 6.45) is 2.27. The van der Waals surface area contributed by atoms with Gasteiger partial charge in [0.25, 0.3) is 5.91 Å². The predicted octanol–water partition coefficient (Wildman–Crippen LogP) is 0.0923. The van der Waals surface area contributed by atoms with Gasteiger partial charge in [0.15, 0.2) is 5.82 Å². The summed E-state index contributed by atoms with van der Waals surface area (Å²) in [7, 11) is 0. The fourth-order valence-electron chi connectivity index (χ4n) is 3.55. The zero-order valence-corrected chi connectivity index (χ0v) is 13.5. The number of carbonyl (C=O) groups excluding carboxylic acids is 2. The second-order valence-electron chi connectivity index (χ2n) is 6.17. The summed E-state index contributed by atoms with van der Waals surface area (Å²) in [5.41, 5.74) is 5.18. The van der Waals surface area contributed by atoms with Crippen molar-refractivity contribution in [1.29, 1.82) is 0 Å². The minimum Gasteiger partial charge on any atom is -0.395 e. The molecular weight excluding hydrogens is 322 g/mol. The number of rotatable bonds is 3. The van der Waals surface area contributed by atoms with E-state index >= 15 is 0 Å². The molecule has 0 aliphatic carbocycles. The van der Waals surface area contributed by atoms with E-state index in [4.69, 9.17) is 22.4 Å². The van der Waals surface area contributed by atoms with E-state index in [1.165, 1.54) is 0 Å². The van der Waals surface area contributed by atoms with Crippen molar-refractivity contribution in [2.24, 2.45) is 5.41 Å². The number of halogens is 1. The Morgan fingerprint density at radius 3 is 2.87 bits per heavy atom. The molecule has 23 heavy (non-hydrogen) atoms. The number of aliphatic hydroxyl groups excluding tert-OH is 1. The zero-order valence-electron chi connectivity index (χ0n) is 12.7. The molecule has 3 rings (SSSR count). The Labute approximate surface area is 138 Å². The van der Waals surface area contributed by atoms with Crippen LogP contribution in [0.4, 0.5) is 5.82 Å². The van der Waals surface area contributed by atoms with Gasteiger partial charge >= 0.3 is 0 Å². The Morgan fingerprint density at radius 1 is 1.43 bits per heavy atom. The first-order chi connectivity index (χ1) is 11.0. The minimum absolute atomic E-state index is 0.0309. The summed E-state index contributed by atoms with van der Waals surface area (Å²) in [5.74, 6) is -0.168. The van der Waals surface area contributed by atoms with E-state index in [1.54, 1.807) is 9.80 Å². The number of hydrogen-bond acceptors (Lipinski definition) is 5. The van der Waals surface area contributed by atoms with E-state index in [9.17, 15) is 9.59 Å². The highest BCUT2D eigenvalue weighted by Gasteiger charge is 2.49. The van der Waals surface area contributed by atoms with Crippen LogP contribution in [-0.4, -0.2) is 69.7 Å². The minimum atomic E-state index is -0.541. The summed E-state index contributed by atoms with van der Waals surface area (Å²) >= 11 is 5.98. The molecule has 2 aliphatic heterocycles. The summed E-state index contributed by atoms with van der Waals surface area (Å²) in [4.78, 5) is 28.6. The third-order valence-electron chi connectivity index (χ3n) is 4.78. The lowest BCUT2D eigenvalue weighted by Crippen LogP contribution is -2.51. The van der Waals surface area contributed by atoms with Gasteiger partial charge in [0.05, 0.1) is 12.0 Å². The fraction of sp³-hybridized carbons (Fsp3) is 0.643. The van der Waals surface area contributed by atoms with Crippen molar-refractivity contribution in [3.8, 4) is 0 Å². The number of aliphatic hydroxyl groups is 1. The molecule has 2 aliphatic rings. The summed E-state index contributed by atoms with van der Waals surface area (Å²) in [6, 6.07) is 0. The molecule has 0 radical (unpaired) electrons. The van der Waals surface area contributed by atoms with Crippen LogP contribution in [0.1, 0.15) is 29.8 Å². The van der Waals surface area contributed by atoms with Gasteiger partial charge in [-0.2, -0.15) is 5.10 Å². The molecule has 2 saturated heterocycles. The fourth-order valence-corrected chi connectivity index (χ4v) is 3.72. The largest absolute Gasteiger partial charge is 0.395 e. The molecule has 126 valence electrons. The first-order valence-electron chi connectivity index (χ1n) is 7.67. The number of aromatic nitrogens is 2. The van der Waals surface area contributed by atoms with Crippen molar-refractivity contribution in [3.63, 3.8) is 0 Å². The zero-order chi connectivity index (χ0) is 16.6. The molecule has 4 N–H and O–H groups in total. The molecule has 1 atom stereocenters. The van der Waals surface area contributed by atoms with Crippen molar-refractivity contribution in [3.05, 3.63) is 10.7 Å². The first-order valence-corrected chi connectivity index (χ1v) is 8.05. The van der Waals surface area contributed by atoms with Gasteiger partial charge in [-0.1, -0.05) is 11.6 Å². The SMILES string of the molecule is Nc1n[nH]c(C(=O)N2CC[C@]3(CCCN(CCO)C3=O)C2)c1Cl. The Balaban J connectivity index is 1.76. The molecule has 8 nitrogen and oxygen atoms in total. The second kappa shape index (κ2) is 6.01. The maximum absolute atomic E-state index is 12.7. The first kappa shape index (κ1) is 16.1. The average Bonchev–Trinajstić information content (AvgIpc) is 3.10. The van der Waals surface area contributed by atoms with Crippen LogP contribution in [0.3, 0.4) is 0 Å². The number of piperidine rings is 1. The Bertz CT molecular complexity index is 632. The molecule has 2 amide bonds. The molecule has 0 aromatic carbocycles. The van der Waals surface area contributed by atoms with Crippen LogP contribution in [0.15, 0.2) is 0 Å². The van der Waals surface area contributed by atoms with Crippen molar-refractivity contribution in [2.45, 2.75) is 19.3 Å². The topological polar surface area (TPSA) is 116 Å². The number of anilines is 1. The normalized spacial score (nSPS) is 24.7. The number of nitrogen functional groups attached to an aromatic ring is 1. The Kier molecular flexibility index (Phi) is 4.20. The lowest BCUT2D eigenvalue weighted by molar-refractivity contribution is -0.146. The quantitative estimate of drug-likeness (QED) is 0.720. The second-order valence-corrected chi connectivity index (χ2v) is 6.55. The highest BCUT2D eigenvalue weighted by Crippen LogP contribution is 2.40. The molecule has 3 heterocycles. The smallest absolute Gasteiger partial charge is 0.273 e. The van der Waals surface area contributed by atoms with Crippen LogP contribution in [-0.2, 0) is 4.79 Å². The Hall–Kier alpha value is -1.80. The number of nitrogens with zero attached hydrogens (tertiary/aromatic N) is 3. The molecule has 1 aromatic rings. The standard InChI is InChI=1S/C14H20ClN5O3/c15-9-10(17-18-11(9)16)12(22)20-5-3-14(8-20)2-1-4-19(6-7-21)13(14)23/h21H,1-8H2,(H3,16,17,18)/t14-/m1/s1. The maximum Gasteiger partial charge on any atom is 0.273 e. The molecule has 0 saturated carbocycles. The van der Waals surface area contributed by atoms with Crippen LogP contribution in [0, 0.1) is 5.41 Å². The van der Waals surface area contributed by atoms with E-state index < -0.39 is 5.41 Å².